The van der Waals surface area contributed by atoms with Gasteiger partial charge in [-0.1, -0.05) is 83.9 Å². The molecule has 0 aliphatic rings. The molecule has 0 radical (unpaired) electrons. The van der Waals surface area contributed by atoms with Crippen molar-refractivity contribution in [3.05, 3.63) is 216 Å². The normalized spacial score (nSPS) is 12.0. The second kappa shape index (κ2) is 19.1. The maximum absolute atomic E-state index is 13.6. The Morgan fingerprint density at radius 3 is 1.59 bits per heavy atom. The summed E-state index contributed by atoms with van der Waals surface area (Å²) in [6.07, 6.45) is 6.53. The van der Waals surface area contributed by atoms with Gasteiger partial charge in [0.05, 0.1) is 55.9 Å². The average molecular weight is 953 g/mol. The summed E-state index contributed by atoms with van der Waals surface area (Å²) in [7, 11) is 0. The number of amides is 2. The SMILES string of the molecule is C[C@H](NC(=O)c1cccnc1-c1cn[nH]c1)c1cc2cccc(Cl)c2c(=O)n1-c1ccccc1.C[C@H](NC(=O)c1cccnc1Br)c1cc2cccc(Cl)c2c(=O)n1-c1ccccc1. The highest BCUT2D eigenvalue weighted by molar-refractivity contribution is 9.10. The minimum Gasteiger partial charge on any atom is -0.344 e. The Hall–Kier alpha value is -7.19. The van der Waals surface area contributed by atoms with Gasteiger partial charge in [-0.25, -0.2) is 4.98 Å². The summed E-state index contributed by atoms with van der Waals surface area (Å²) < 4.78 is 3.65. The lowest BCUT2D eigenvalue weighted by atomic mass is 10.1. The number of nitrogens with zero attached hydrogens (tertiary/aromatic N) is 5. The number of halogens is 3. The molecule has 9 rings (SSSR count). The molecule has 2 amide bonds. The van der Waals surface area contributed by atoms with Crippen LogP contribution in [0.5, 0.6) is 0 Å². The first-order valence-electron chi connectivity index (χ1n) is 20.0. The van der Waals surface area contributed by atoms with Crippen molar-refractivity contribution >= 4 is 72.5 Å². The Kier molecular flexibility index (Phi) is 12.9. The maximum Gasteiger partial charge on any atom is 0.264 e. The predicted octanol–water partition coefficient (Wildman–Crippen LogP) is 10.2. The number of benzene rings is 4. The summed E-state index contributed by atoms with van der Waals surface area (Å²) >= 11 is 16.0. The van der Waals surface area contributed by atoms with E-state index in [1.807, 2.05) is 98.8 Å². The van der Waals surface area contributed by atoms with Gasteiger partial charge in [-0.3, -0.25) is 38.4 Å². The number of fused-ring (bicyclic) bond motifs is 2. The van der Waals surface area contributed by atoms with E-state index in [1.54, 1.807) is 82.5 Å². The van der Waals surface area contributed by atoms with Crippen molar-refractivity contribution in [1.82, 2.24) is 39.9 Å². The number of H-pyrrole nitrogens is 1. The molecule has 0 aliphatic heterocycles. The van der Waals surface area contributed by atoms with Crippen molar-refractivity contribution in [2.75, 3.05) is 0 Å². The van der Waals surface area contributed by atoms with Crippen LogP contribution in [0.25, 0.3) is 44.2 Å². The third-order valence-corrected chi connectivity index (χ3v) is 11.7. The van der Waals surface area contributed by atoms with Crippen molar-refractivity contribution in [3.63, 3.8) is 0 Å². The minimum absolute atomic E-state index is 0.233. The highest BCUT2D eigenvalue weighted by Crippen LogP contribution is 2.28. The molecule has 318 valence electrons. The smallest absolute Gasteiger partial charge is 0.264 e. The van der Waals surface area contributed by atoms with E-state index in [4.69, 9.17) is 23.2 Å². The lowest BCUT2D eigenvalue weighted by Crippen LogP contribution is -2.32. The molecular weight excluding hydrogens is 915 g/mol. The van der Waals surface area contributed by atoms with Crippen molar-refractivity contribution in [3.8, 4) is 22.6 Å². The fraction of sp³-hybridized carbons (Fsp3) is 0.0816. The zero-order chi connectivity index (χ0) is 44.9. The van der Waals surface area contributed by atoms with Crippen LogP contribution in [0.15, 0.2) is 172 Å². The monoisotopic (exact) mass is 950 g/mol. The molecule has 0 fully saturated rings. The zero-order valence-corrected chi connectivity index (χ0v) is 37.3. The molecule has 0 bridgehead atoms. The molecule has 0 aliphatic carbocycles. The number of nitrogens with one attached hydrogen (secondary N) is 3. The highest BCUT2D eigenvalue weighted by atomic mass is 79.9. The van der Waals surface area contributed by atoms with Crippen molar-refractivity contribution < 1.29 is 9.59 Å². The molecule has 0 unspecified atom stereocenters. The molecule has 12 nitrogen and oxygen atoms in total. The van der Waals surface area contributed by atoms with Gasteiger partial charge in [0.25, 0.3) is 22.9 Å². The Bertz CT molecular complexity index is 3290. The molecule has 5 heterocycles. The van der Waals surface area contributed by atoms with Gasteiger partial charge in [0.1, 0.15) is 4.60 Å². The van der Waals surface area contributed by atoms with Gasteiger partial charge in [-0.05, 0) is 113 Å². The van der Waals surface area contributed by atoms with Crippen LogP contribution in [-0.4, -0.2) is 41.1 Å². The summed E-state index contributed by atoms with van der Waals surface area (Å²) in [5.74, 6) is -0.601. The summed E-state index contributed by atoms with van der Waals surface area (Å²) in [6.45, 7) is 3.68. The van der Waals surface area contributed by atoms with Crippen LogP contribution in [0, 0.1) is 0 Å². The first-order valence-corrected chi connectivity index (χ1v) is 21.5. The Labute approximate surface area is 384 Å². The van der Waals surface area contributed by atoms with Gasteiger partial charge >= 0.3 is 0 Å². The standard InChI is InChI=1S/C26H20ClN5O2.C23H17BrClN3O2/c1-16(31-25(33)20-10-6-12-28-24(20)18-14-29-30-15-18)22-13-17-7-5-11-21(27)23(17)26(34)32(22)19-8-3-2-4-9-19;1-14(27-22(29)17-10-6-12-26-21(17)24)19-13-15-7-5-11-18(25)20(15)23(30)28(19)16-8-3-2-4-9-16/h2-16H,1H3,(H,29,30)(H,31,33);2-14H,1H3,(H,27,29)/t16-;14-/m00/s1. The van der Waals surface area contributed by atoms with Crippen molar-refractivity contribution in [2.45, 2.75) is 25.9 Å². The minimum atomic E-state index is -0.499. The van der Waals surface area contributed by atoms with Crippen LogP contribution in [0.3, 0.4) is 0 Å². The van der Waals surface area contributed by atoms with Crippen molar-refractivity contribution in [2.24, 2.45) is 0 Å². The average Bonchev–Trinajstić information content (AvgIpc) is 3.85. The molecule has 64 heavy (non-hydrogen) atoms. The van der Waals surface area contributed by atoms with E-state index < -0.39 is 12.1 Å². The van der Waals surface area contributed by atoms with Crippen LogP contribution in [0.4, 0.5) is 0 Å². The van der Waals surface area contributed by atoms with E-state index in [0.717, 1.165) is 5.39 Å². The number of aromatic amines is 1. The van der Waals surface area contributed by atoms with Gasteiger partial charge in [0, 0.05) is 46.9 Å². The Morgan fingerprint density at radius 2 is 1.11 bits per heavy atom. The fourth-order valence-corrected chi connectivity index (χ4v) is 8.41. The first kappa shape index (κ1) is 43.5. The quantitative estimate of drug-likeness (QED) is 0.122. The van der Waals surface area contributed by atoms with E-state index in [2.05, 4.69) is 46.7 Å². The number of hydrogen-bond donors (Lipinski definition) is 3. The van der Waals surface area contributed by atoms with Crippen LogP contribution >= 0.6 is 39.1 Å². The third kappa shape index (κ3) is 8.86. The highest BCUT2D eigenvalue weighted by Gasteiger charge is 2.23. The number of para-hydroxylation sites is 2. The van der Waals surface area contributed by atoms with Crippen LogP contribution in [0.2, 0.25) is 10.0 Å². The summed E-state index contributed by atoms with van der Waals surface area (Å²) in [6, 6.07) is 38.9. The summed E-state index contributed by atoms with van der Waals surface area (Å²) in [4.78, 5) is 61.6. The topological polar surface area (TPSA) is 157 Å². The fourth-order valence-electron chi connectivity index (χ4n) is 7.45. The van der Waals surface area contributed by atoms with E-state index in [-0.39, 0.29) is 22.9 Å². The summed E-state index contributed by atoms with van der Waals surface area (Å²) in [5, 5.41) is 15.8. The Balaban J connectivity index is 0.000000176. The first-order chi connectivity index (χ1) is 31.0. The number of hydrogen-bond acceptors (Lipinski definition) is 7. The van der Waals surface area contributed by atoms with Gasteiger partial charge < -0.3 is 10.6 Å². The number of carbonyl (C=O) groups is 2. The molecule has 0 spiro atoms. The molecule has 4 aromatic carbocycles. The zero-order valence-electron chi connectivity index (χ0n) is 34.2. The number of aromatic nitrogens is 6. The van der Waals surface area contributed by atoms with E-state index in [9.17, 15) is 19.2 Å². The molecule has 0 saturated carbocycles. The maximum atomic E-state index is 13.6. The van der Waals surface area contributed by atoms with E-state index >= 15 is 0 Å². The molecule has 3 N–H and O–H groups in total. The second-order valence-corrected chi connectivity index (χ2v) is 16.2. The van der Waals surface area contributed by atoms with Crippen molar-refractivity contribution in [1.29, 1.82) is 0 Å². The van der Waals surface area contributed by atoms with Gasteiger partial charge in [-0.2, -0.15) is 5.10 Å². The second-order valence-electron chi connectivity index (χ2n) is 14.6. The van der Waals surface area contributed by atoms with Gasteiger partial charge in [0.15, 0.2) is 0 Å². The molecule has 0 saturated heterocycles. The third-order valence-electron chi connectivity index (χ3n) is 10.5. The van der Waals surface area contributed by atoms with E-state index in [1.165, 1.54) is 0 Å². The number of carbonyl (C=O) groups excluding carboxylic acids is 2. The van der Waals surface area contributed by atoms with Crippen LogP contribution in [-0.2, 0) is 0 Å². The molecule has 15 heteroatoms. The molecule has 5 aromatic heterocycles. The molecule has 9 aromatic rings. The molecular formula is C49H37BrCl2N8O4. The number of rotatable bonds is 9. The largest absolute Gasteiger partial charge is 0.344 e. The number of pyridine rings is 4. The van der Waals surface area contributed by atoms with E-state index in [0.29, 0.717) is 76.0 Å². The predicted molar refractivity (Wildman–Crippen MR) is 255 cm³/mol. The van der Waals surface area contributed by atoms with Gasteiger partial charge in [-0.15, -0.1) is 0 Å². The lowest BCUT2D eigenvalue weighted by Gasteiger charge is -2.21. The van der Waals surface area contributed by atoms with Gasteiger partial charge in [0.2, 0.25) is 0 Å². The van der Waals surface area contributed by atoms with Crippen LogP contribution in [0.1, 0.15) is 58.0 Å². The molecule has 2 atom stereocenters. The Morgan fingerprint density at radius 1 is 0.625 bits per heavy atom. The lowest BCUT2D eigenvalue weighted by molar-refractivity contribution is 0.0930. The van der Waals surface area contributed by atoms with Crippen LogP contribution < -0.4 is 21.8 Å². The summed E-state index contributed by atoms with van der Waals surface area (Å²) in [5.41, 5.74) is 4.24.